The molecule has 0 spiro atoms. The number of hydrogen-bond acceptors (Lipinski definition) is 2. The van der Waals surface area contributed by atoms with E-state index >= 15 is 0 Å². The maximum absolute atomic E-state index is 12.3. The Labute approximate surface area is 96.5 Å². The Hall–Kier alpha value is -1.38. The second-order valence-electron chi connectivity index (χ2n) is 4.30. The van der Waals surface area contributed by atoms with Gasteiger partial charge in [0.05, 0.1) is 5.56 Å². The molecular weight excluding hydrogens is 200 g/mol. The van der Waals surface area contributed by atoms with E-state index in [1.807, 2.05) is 17.0 Å². The quantitative estimate of drug-likeness (QED) is 0.764. The van der Waals surface area contributed by atoms with Crippen molar-refractivity contribution >= 4 is 5.91 Å². The second-order valence-corrected chi connectivity index (χ2v) is 4.30. The zero-order chi connectivity index (χ0) is 11.4. The molecule has 3 heteroatoms. The van der Waals surface area contributed by atoms with E-state index in [9.17, 15) is 4.79 Å². The van der Waals surface area contributed by atoms with Gasteiger partial charge in [-0.25, -0.2) is 0 Å². The van der Waals surface area contributed by atoms with Crippen LogP contribution < -0.4 is 0 Å². The lowest BCUT2D eigenvalue weighted by molar-refractivity contribution is 0.0607. The average molecular weight is 218 g/mol. The molecule has 1 saturated heterocycles. The highest BCUT2D eigenvalue weighted by Crippen LogP contribution is 2.21. The lowest BCUT2D eigenvalue weighted by Crippen LogP contribution is -2.43. The van der Waals surface area contributed by atoms with Crippen molar-refractivity contribution < 1.29 is 4.79 Å². The predicted octanol–water partition coefficient (Wildman–Crippen LogP) is 2.49. The van der Waals surface area contributed by atoms with Crippen LogP contribution in [-0.2, 0) is 0 Å². The fourth-order valence-corrected chi connectivity index (χ4v) is 2.35. The third-order valence-corrected chi connectivity index (χ3v) is 3.27. The van der Waals surface area contributed by atoms with Gasteiger partial charge in [0.1, 0.15) is 0 Å². The highest BCUT2D eigenvalue weighted by atomic mass is 16.2. The molecule has 0 aliphatic carbocycles. The van der Waals surface area contributed by atoms with Crippen molar-refractivity contribution in [3.05, 3.63) is 30.1 Å². The summed E-state index contributed by atoms with van der Waals surface area (Å²) in [7, 11) is 0. The molecule has 0 N–H and O–H groups in total. The van der Waals surface area contributed by atoms with Crippen LogP contribution >= 0.6 is 0 Å². The first-order valence-electron chi connectivity index (χ1n) is 6.04. The third-order valence-electron chi connectivity index (χ3n) is 3.27. The number of carbonyl (C=O) groups is 1. The number of amides is 1. The zero-order valence-electron chi connectivity index (χ0n) is 9.72. The van der Waals surface area contributed by atoms with E-state index in [1.54, 1.807) is 12.4 Å². The fourth-order valence-electron chi connectivity index (χ4n) is 2.35. The minimum absolute atomic E-state index is 0.139. The minimum atomic E-state index is 0.139. The van der Waals surface area contributed by atoms with Crippen LogP contribution in [0.1, 0.15) is 43.0 Å². The van der Waals surface area contributed by atoms with Crippen molar-refractivity contribution in [2.24, 2.45) is 0 Å². The van der Waals surface area contributed by atoms with E-state index in [0.29, 0.717) is 11.6 Å². The van der Waals surface area contributed by atoms with Crippen molar-refractivity contribution in [3.8, 4) is 0 Å². The summed E-state index contributed by atoms with van der Waals surface area (Å²) in [5.74, 6) is 0.139. The van der Waals surface area contributed by atoms with Gasteiger partial charge in [-0.2, -0.15) is 0 Å². The molecule has 1 amide bonds. The van der Waals surface area contributed by atoms with Crippen LogP contribution in [0.4, 0.5) is 0 Å². The molecule has 1 aliphatic heterocycles. The van der Waals surface area contributed by atoms with E-state index in [-0.39, 0.29) is 5.91 Å². The first-order valence-corrected chi connectivity index (χ1v) is 6.04. The molecule has 0 unspecified atom stereocenters. The molecular formula is C13H18N2O. The van der Waals surface area contributed by atoms with Crippen LogP contribution in [0.25, 0.3) is 0 Å². The molecule has 2 rings (SSSR count). The molecule has 1 aromatic rings. The normalized spacial score (nSPS) is 20.8. The average Bonchev–Trinajstić information content (AvgIpc) is 2.39. The fraction of sp³-hybridized carbons (Fsp3) is 0.538. The molecule has 1 aromatic heterocycles. The Bertz CT molecular complexity index is 350. The van der Waals surface area contributed by atoms with Crippen LogP contribution in [0.15, 0.2) is 24.5 Å². The topological polar surface area (TPSA) is 33.2 Å². The van der Waals surface area contributed by atoms with Gasteiger partial charge in [-0.3, -0.25) is 9.78 Å². The van der Waals surface area contributed by atoms with E-state index < -0.39 is 0 Å². The van der Waals surface area contributed by atoms with Crippen LogP contribution in [0.3, 0.4) is 0 Å². The van der Waals surface area contributed by atoms with Gasteiger partial charge >= 0.3 is 0 Å². The Kier molecular flexibility index (Phi) is 3.54. The largest absolute Gasteiger partial charge is 0.336 e. The number of nitrogens with zero attached hydrogens (tertiary/aromatic N) is 2. The Balaban J connectivity index is 2.14. The Morgan fingerprint density at radius 2 is 2.44 bits per heavy atom. The summed E-state index contributed by atoms with van der Waals surface area (Å²) in [6.07, 6.45) is 7.92. The lowest BCUT2D eigenvalue weighted by atomic mass is 9.99. The van der Waals surface area contributed by atoms with Gasteiger partial charge in [-0.05, 0) is 37.8 Å². The molecule has 1 fully saturated rings. The number of likely N-dealkylation sites (tertiary alicyclic amines) is 1. The number of carbonyl (C=O) groups excluding carboxylic acids is 1. The maximum atomic E-state index is 12.3. The van der Waals surface area contributed by atoms with Crippen LogP contribution in [0, 0.1) is 0 Å². The van der Waals surface area contributed by atoms with Gasteiger partial charge in [0, 0.05) is 25.0 Å². The molecule has 16 heavy (non-hydrogen) atoms. The van der Waals surface area contributed by atoms with E-state index in [1.165, 1.54) is 6.42 Å². The molecule has 3 nitrogen and oxygen atoms in total. The van der Waals surface area contributed by atoms with Crippen molar-refractivity contribution in [3.63, 3.8) is 0 Å². The molecule has 0 saturated carbocycles. The van der Waals surface area contributed by atoms with Gasteiger partial charge in [0.25, 0.3) is 5.91 Å². The molecule has 86 valence electrons. The zero-order valence-corrected chi connectivity index (χ0v) is 9.72. The molecule has 1 atom stereocenters. The van der Waals surface area contributed by atoms with Crippen LogP contribution in [0.5, 0.6) is 0 Å². The highest BCUT2D eigenvalue weighted by Gasteiger charge is 2.25. The standard InChI is InChI=1S/C13H18N2O/c1-2-12-7-3-4-9-15(12)13(16)11-6-5-8-14-10-11/h5-6,8,10,12H,2-4,7,9H2,1H3/t12-/m1/s1. The van der Waals surface area contributed by atoms with Gasteiger partial charge in [0.15, 0.2) is 0 Å². The van der Waals surface area contributed by atoms with E-state index in [2.05, 4.69) is 11.9 Å². The summed E-state index contributed by atoms with van der Waals surface area (Å²) in [5.41, 5.74) is 0.711. The first-order chi connectivity index (χ1) is 7.83. The SMILES string of the molecule is CC[C@@H]1CCCCN1C(=O)c1cccnc1. The molecule has 0 radical (unpaired) electrons. The molecule has 0 aromatic carbocycles. The highest BCUT2D eigenvalue weighted by molar-refractivity contribution is 5.94. The number of aromatic nitrogens is 1. The number of piperidine rings is 1. The lowest BCUT2D eigenvalue weighted by Gasteiger charge is -2.35. The Morgan fingerprint density at radius 3 is 3.12 bits per heavy atom. The summed E-state index contributed by atoms with van der Waals surface area (Å²) < 4.78 is 0. The summed E-state index contributed by atoms with van der Waals surface area (Å²) in [6, 6.07) is 4.08. The smallest absolute Gasteiger partial charge is 0.255 e. The van der Waals surface area contributed by atoms with Crippen molar-refractivity contribution in [1.82, 2.24) is 9.88 Å². The summed E-state index contributed by atoms with van der Waals surface area (Å²) in [5, 5.41) is 0. The van der Waals surface area contributed by atoms with Gasteiger partial charge in [0.2, 0.25) is 0 Å². The van der Waals surface area contributed by atoms with Crippen molar-refractivity contribution in [2.75, 3.05) is 6.54 Å². The van der Waals surface area contributed by atoms with Crippen molar-refractivity contribution in [2.45, 2.75) is 38.6 Å². The minimum Gasteiger partial charge on any atom is -0.336 e. The summed E-state index contributed by atoms with van der Waals surface area (Å²) in [6.45, 7) is 3.05. The monoisotopic (exact) mass is 218 g/mol. The summed E-state index contributed by atoms with van der Waals surface area (Å²) >= 11 is 0. The number of pyridine rings is 1. The Morgan fingerprint density at radius 1 is 1.56 bits per heavy atom. The number of rotatable bonds is 2. The second kappa shape index (κ2) is 5.10. The predicted molar refractivity (Wildman–Crippen MR) is 63.2 cm³/mol. The van der Waals surface area contributed by atoms with Gasteiger partial charge in [-0.1, -0.05) is 6.92 Å². The molecule has 1 aliphatic rings. The summed E-state index contributed by atoms with van der Waals surface area (Å²) in [4.78, 5) is 18.3. The molecule has 2 heterocycles. The van der Waals surface area contributed by atoms with Crippen molar-refractivity contribution in [1.29, 1.82) is 0 Å². The maximum Gasteiger partial charge on any atom is 0.255 e. The number of hydrogen-bond donors (Lipinski definition) is 0. The van der Waals surface area contributed by atoms with Crippen LogP contribution in [0.2, 0.25) is 0 Å². The van der Waals surface area contributed by atoms with E-state index in [4.69, 9.17) is 0 Å². The van der Waals surface area contributed by atoms with E-state index in [0.717, 1.165) is 25.8 Å². The third kappa shape index (κ3) is 2.23. The van der Waals surface area contributed by atoms with Gasteiger partial charge < -0.3 is 4.90 Å². The van der Waals surface area contributed by atoms with Crippen LogP contribution in [-0.4, -0.2) is 28.4 Å². The first kappa shape index (κ1) is 11.1. The van der Waals surface area contributed by atoms with Gasteiger partial charge in [-0.15, -0.1) is 0 Å². The molecule has 0 bridgehead atoms.